The Morgan fingerprint density at radius 2 is 0.947 bits per heavy atom. The maximum Gasteiger partial charge on any atom is 0.407 e. The molecule has 1 atom stereocenters. The molecule has 75 heavy (non-hydrogen) atoms. The highest BCUT2D eigenvalue weighted by Gasteiger charge is 2.19. The molecule has 0 aliphatic carbocycles. The predicted octanol–water partition coefficient (Wildman–Crippen LogP) is 14.2. The molecule has 1 aromatic carbocycles. The van der Waals surface area contributed by atoms with Gasteiger partial charge in [0, 0.05) is 52.0 Å². The first-order valence-electron chi connectivity index (χ1n) is 29.9. The molecule has 1 aromatic rings. The van der Waals surface area contributed by atoms with Crippen LogP contribution in [0.3, 0.4) is 0 Å². The maximum absolute atomic E-state index is 13.2. The van der Waals surface area contributed by atoms with E-state index in [1.165, 1.54) is 83.5 Å². The van der Waals surface area contributed by atoms with E-state index in [-0.39, 0.29) is 57.4 Å². The van der Waals surface area contributed by atoms with Crippen molar-refractivity contribution < 1.29 is 57.1 Å². The Morgan fingerprint density at radius 1 is 0.493 bits per heavy atom. The summed E-state index contributed by atoms with van der Waals surface area (Å²) >= 11 is 0. The van der Waals surface area contributed by atoms with Gasteiger partial charge in [-0.05, 0) is 125 Å². The van der Waals surface area contributed by atoms with Crippen LogP contribution in [0.5, 0.6) is 0 Å². The zero-order chi connectivity index (χ0) is 54.2. The van der Waals surface area contributed by atoms with Gasteiger partial charge in [0.25, 0.3) is 0 Å². The molecule has 14 heteroatoms. The number of alkyl carbamates (subject to hydrolysis) is 1. The van der Waals surface area contributed by atoms with E-state index in [2.05, 4.69) is 50.1 Å². The Labute approximate surface area is 454 Å². The average Bonchev–Trinajstić information content (AvgIpc) is 3.93. The predicted molar refractivity (Wildman–Crippen MR) is 297 cm³/mol. The molecule has 0 radical (unpaired) electrons. The summed E-state index contributed by atoms with van der Waals surface area (Å²) in [6.45, 7) is 13.6. The number of hydrogen-bond acceptors (Lipinski definition) is 13. The highest BCUT2D eigenvalue weighted by Crippen LogP contribution is 2.19. The van der Waals surface area contributed by atoms with Gasteiger partial charge in [-0.25, -0.2) is 4.79 Å². The van der Waals surface area contributed by atoms with Gasteiger partial charge >= 0.3 is 30.0 Å². The molecule has 2 rings (SSSR count). The molecule has 1 amide bonds. The van der Waals surface area contributed by atoms with Crippen molar-refractivity contribution in [3.8, 4) is 0 Å². The van der Waals surface area contributed by atoms with Crippen molar-refractivity contribution in [1.82, 2.24) is 10.2 Å². The highest BCUT2D eigenvalue weighted by molar-refractivity contribution is 5.71. The van der Waals surface area contributed by atoms with Crippen LogP contribution in [0.2, 0.25) is 0 Å². The molecule has 0 aromatic heterocycles. The monoisotopic (exact) mass is 1060 g/mol. The van der Waals surface area contributed by atoms with Gasteiger partial charge < -0.3 is 43.4 Å². The molecule has 1 fully saturated rings. The summed E-state index contributed by atoms with van der Waals surface area (Å²) in [6.07, 6.45) is 31.4. The smallest absolute Gasteiger partial charge is 0.407 e. The number of nitrogens with zero attached hydrogens (tertiary/aromatic N) is 1. The fourth-order valence-electron chi connectivity index (χ4n) is 8.90. The van der Waals surface area contributed by atoms with Crippen molar-refractivity contribution in [2.24, 2.45) is 0 Å². The van der Waals surface area contributed by atoms with E-state index in [1.54, 1.807) is 6.07 Å². The van der Waals surface area contributed by atoms with Gasteiger partial charge in [0.1, 0.15) is 25.9 Å². The van der Waals surface area contributed by atoms with E-state index in [0.717, 1.165) is 77.4 Å². The fourth-order valence-corrected chi connectivity index (χ4v) is 8.90. The summed E-state index contributed by atoms with van der Waals surface area (Å²) < 4.78 is 40.6. The first-order valence-corrected chi connectivity index (χ1v) is 29.9. The lowest BCUT2D eigenvalue weighted by molar-refractivity contribution is -0.160. The Hall–Kier alpha value is -4.01. The third-order valence-corrected chi connectivity index (χ3v) is 13.4. The molecule has 1 aliphatic rings. The number of likely N-dealkylation sites (tertiary alicyclic amines) is 1. The Bertz CT molecular complexity index is 1630. The minimum Gasteiger partial charge on any atom is -0.465 e. The SMILES string of the molecule is CCCCCC=CCCOC(=O)CCCCC(=O)OCc1cc(COC(=O)CCC(CCCCCC)OC(=O)NCCN2CCCC2)cc(COC(=O)CCC(OCCCCCCCC)OCCCCCCCC)c1. The number of allylic oxidation sites excluding steroid dienone is 1. The van der Waals surface area contributed by atoms with Gasteiger partial charge in [-0.15, -0.1) is 0 Å². The van der Waals surface area contributed by atoms with E-state index < -0.39 is 30.4 Å². The number of benzene rings is 1. The summed E-state index contributed by atoms with van der Waals surface area (Å²) in [4.78, 5) is 66.6. The quantitative estimate of drug-likeness (QED) is 0.0216. The highest BCUT2D eigenvalue weighted by atomic mass is 16.7. The largest absolute Gasteiger partial charge is 0.465 e. The van der Waals surface area contributed by atoms with Crippen LogP contribution in [-0.2, 0) is 72.2 Å². The molecule has 1 aliphatic heterocycles. The molecule has 1 unspecified atom stereocenters. The number of amides is 1. The lowest BCUT2D eigenvalue weighted by atomic mass is 10.1. The fraction of sp³-hybridized carbons (Fsp3) is 0.787. The number of carbonyl (C=O) groups is 5. The van der Waals surface area contributed by atoms with E-state index >= 15 is 0 Å². The van der Waals surface area contributed by atoms with E-state index in [9.17, 15) is 24.0 Å². The van der Waals surface area contributed by atoms with Gasteiger partial charge in [-0.2, -0.15) is 0 Å². The number of hydrogen-bond donors (Lipinski definition) is 1. The molecule has 1 N–H and O–H groups in total. The number of carbonyl (C=O) groups excluding carboxylic acids is 5. The summed E-state index contributed by atoms with van der Waals surface area (Å²) in [6, 6.07) is 5.44. The van der Waals surface area contributed by atoms with Gasteiger partial charge in [0.2, 0.25) is 0 Å². The topological polar surface area (TPSA) is 165 Å². The molecule has 1 saturated heterocycles. The summed E-state index contributed by atoms with van der Waals surface area (Å²) in [5.41, 5.74) is 1.94. The second-order valence-corrected chi connectivity index (χ2v) is 20.5. The van der Waals surface area contributed by atoms with Crippen LogP contribution in [0, 0.1) is 0 Å². The molecule has 0 saturated carbocycles. The van der Waals surface area contributed by atoms with Crippen molar-refractivity contribution in [3.05, 3.63) is 47.0 Å². The van der Waals surface area contributed by atoms with Crippen molar-refractivity contribution in [2.45, 2.75) is 265 Å². The Balaban J connectivity index is 2.02. The van der Waals surface area contributed by atoms with Crippen molar-refractivity contribution in [3.63, 3.8) is 0 Å². The Morgan fingerprint density at radius 3 is 1.49 bits per heavy atom. The molecule has 14 nitrogen and oxygen atoms in total. The van der Waals surface area contributed by atoms with Crippen LogP contribution in [0.15, 0.2) is 30.4 Å². The van der Waals surface area contributed by atoms with Crippen LogP contribution >= 0.6 is 0 Å². The maximum atomic E-state index is 13.2. The van der Waals surface area contributed by atoms with Crippen molar-refractivity contribution in [1.29, 1.82) is 0 Å². The first-order chi connectivity index (χ1) is 36.6. The molecular weight excluding hydrogens is 953 g/mol. The third kappa shape index (κ3) is 39.1. The zero-order valence-corrected chi connectivity index (χ0v) is 47.6. The van der Waals surface area contributed by atoms with Crippen molar-refractivity contribution >= 4 is 30.0 Å². The average molecular weight is 1060 g/mol. The van der Waals surface area contributed by atoms with Crippen LogP contribution in [0.4, 0.5) is 4.79 Å². The minimum atomic E-state index is -0.487. The van der Waals surface area contributed by atoms with Gasteiger partial charge in [0.05, 0.1) is 13.0 Å². The zero-order valence-electron chi connectivity index (χ0n) is 47.6. The number of rotatable bonds is 49. The first kappa shape index (κ1) is 67.1. The Kier molecular flexibility index (Phi) is 42.2. The lowest BCUT2D eigenvalue weighted by Gasteiger charge is -2.19. The lowest BCUT2D eigenvalue weighted by Crippen LogP contribution is -2.35. The third-order valence-electron chi connectivity index (χ3n) is 13.4. The molecule has 430 valence electrons. The van der Waals surface area contributed by atoms with Gasteiger partial charge in [-0.3, -0.25) is 19.2 Å². The van der Waals surface area contributed by atoms with E-state index in [0.29, 0.717) is 81.6 Å². The van der Waals surface area contributed by atoms with Crippen LogP contribution < -0.4 is 5.32 Å². The second kappa shape index (κ2) is 47.2. The van der Waals surface area contributed by atoms with Crippen LogP contribution in [-0.4, -0.2) is 93.3 Å². The number of ether oxygens (including phenoxy) is 7. The van der Waals surface area contributed by atoms with Crippen molar-refractivity contribution in [2.75, 3.05) is 46.0 Å². The number of nitrogens with one attached hydrogen (secondary N) is 1. The minimum absolute atomic E-state index is 0.0358. The standard InChI is InChI=1S/C61H104N2O12/c1-5-9-13-17-20-23-29-43-69-56(64)33-25-26-34-57(65)72-49-52-46-53(50-73-58(66)36-35-55(32-24-16-12-8-4)75-61(68)62-39-42-63-40-27-28-41-63)48-54(47-52)51-74-59(67)37-38-60(70-44-30-21-18-14-10-6-2)71-45-31-22-19-15-11-7-3/h20,23,46-48,55,60H,5-19,21-22,24-45,49-51H2,1-4H3,(H,62,68). The summed E-state index contributed by atoms with van der Waals surface area (Å²) in [5.74, 6) is -1.49. The number of unbranched alkanes of at least 4 members (excludes halogenated alkanes) is 17. The number of esters is 4. The van der Waals surface area contributed by atoms with E-state index in [4.69, 9.17) is 33.2 Å². The molecule has 0 bridgehead atoms. The second-order valence-electron chi connectivity index (χ2n) is 20.5. The summed E-state index contributed by atoms with van der Waals surface area (Å²) in [7, 11) is 0. The molecule has 0 spiro atoms. The van der Waals surface area contributed by atoms with Crippen LogP contribution in [0.1, 0.15) is 250 Å². The molecule has 1 heterocycles. The molecular formula is C61H104N2O12. The van der Waals surface area contributed by atoms with Gasteiger partial charge in [-0.1, -0.05) is 136 Å². The van der Waals surface area contributed by atoms with Gasteiger partial charge in [0.15, 0.2) is 6.29 Å². The van der Waals surface area contributed by atoms with E-state index in [1.807, 2.05) is 12.1 Å². The normalized spacial score (nSPS) is 13.1. The summed E-state index contributed by atoms with van der Waals surface area (Å²) in [5, 5.41) is 2.88. The van der Waals surface area contributed by atoms with Crippen LogP contribution in [0.25, 0.3) is 0 Å².